The first-order chi connectivity index (χ1) is 14.0. The van der Waals surface area contributed by atoms with Gasteiger partial charge in [0.1, 0.15) is 17.5 Å². The molecule has 29 heavy (non-hydrogen) atoms. The molecule has 146 valence electrons. The van der Waals surface area contributed by atoms with E-state index < -0.39 is 17.7 Å². The van der Waals surface area contributed by atoms with E-state index in [1.807, 2.05) is 30.9 Å². The molecule has 0 spiro atoms. The number of nitriles is 1. The standard InChI is InChI=1S/C22H21N5O2/c1-22(2)20(28)19(17-11-15(12-23)6-7-18(17)29-22)27(21-25-9-4-10-26-21)14-16-5-3-8-24-13-16/h3-11,13,19-20,28H,14H2,1-2H3/t19?,20-/m1/s1. The third kappa shape index (κ3) is 3.62. The van der Waals surface area contributed by atoms with Crippen molar-refractivity contribution in [3.63, 3.8) is 0 Å². The van der Waals surface area contributed by atoms with Gasteiger partial charge in [0.15, 0.2) is 0 Å². The van der Waals surface area contributed by atoms with Crippen molar-refractivity contribution >= 4 is 5.95 Å². The summed E-state index contributed by atoms with van der Waals surface area (Å²) in [4.78, 5) is 15.0. The number of hydrogen-bond donors (Lipinski definition) is 1. The minimum absolute atomic E-state index is 0.436. The summed E-state index contributed by atoms with van der Waals surface area (Å²) in [5.74, 6) is 1.11. The Morgan fingerprint density at radius 3 is 2.66 bits per heavy atom. The maximum absolute atomic E-state index is 11.3. The summed E-state index contributed by atoms with van der Waals surface area (Å²) in [7, 11) is 0. The number of aliphatic hydroxyl groups is 1. The molecule has 2 aromatic heterocycles. The van der Waals surface area contributed by atoms with Crippen molar-refractivity contribution in [2.75, 3.05) is 4.90 Å². The number of rotatable bonds is 4. The molecule has 7 nitrogen and oxygen atoms in total. The minimum Gasteiger partial charge on any atom is -0.485 e. The number of hydrogen-bond acceptors (Lipinski definition) is 7. The predicted octanol–water partition coefficient (Wildman–Crippen LogP) is 3.02. The number of ether oxygens (including phenoxy) is 1. The van der Waals surface area contributed by atoms with Crippen LogP contribution >= 0.6 is 0 Å². The third-order valence-corrected chi connectivity index (χ3v) is 5.06. The zero-order valence-electron chi connectivity index (χ0n) is 16.2. The number of nitrogens with zero attached hydrogens (tertiary/aromatic N) is 5. The van der Waals surface area contributed by atoms with Gasteiger partial charge in [-0.1, -0.05) is 6.07 Å². The second-order valence-electron chi connectivity index (χ2n) is 7.50. The summed E-state index contributed by atoms with van der Waals surface area (Å²) in [6.07, 6.45) is 5.95. The van der Waals surface area contributed by atoms with Gasteiger partial charge in [-0.3, -0.25) is 4.98 Å². The summed E-state index contributed by atoms with van der Waals surface area (Å²) >= 11 is 0. The quantitative estimate of drug-likeness (QED) is 0.735. The van der Waals surface area contributed by atoms with Crippen LogP contribution < -0.4 is 9.64 Å². The lowest BCUT2D eigenvalue weighted by Gasteiger charge is -2.46. The molecular weight excluding hydrogens is 366 g/mol. The predicted molar refractivity (Wildman–Crippen MR) is 107 cm³/mol. The van der Waals surface area contributed by atoms with E-state index in [2.05, 4.69) is 21.0 Å². The van der Waals surface area contributed by atoms with Gasteiger partial charge in [-0.15, -0.1) is 0 Å². The molecule has 0 bridgehead atoms. The minimum atomic E-state index is -0.885. The van der Waals surface area contributed by atoms with E-state index in [4.69, 9.17) is 4.74 Å². The van der Waals surface area contributed by atoms with Crippen molar-refractivity contribution in [3.05, 3.63) is 77.9 Å². The van der Waals surface area contributed by atoms with Crippen LogP contribution in [0.25, 0.3) is 0 Å². The molecule has 1 aliphatic rings. The Morgan fingerprint density at radius 1 is 1.17 bits per heavy atom. The summed E-state index contributed by atoms with van der Waals surface area (Å²) in [6.45, 7) is 4.13. The maximum atomic E-state index is 11.3. The Labute approximate surface area is 169 Å². The van der Waals surface area contributed by atoms with Gasteiger partial charge in [0.2, 0.25) is 5.95 Å². The highest BCUT2D eigenvalue weighted by Crippen LogP contribution is 2.44. The molecule has 0 saturated heterocycles. The summed E-state index contributed by atoms with van der Waals surface area (Å²) < 4.78 is 6.06. The van der Waals surface area contributed by atoms with E-state index in [1.165, 1.54) is 0 Å². The van der Waals surface area contributed by atoms with Crippen LogP contribution in [-0.4, -0.2) is 31.8 Å². The number of fused-ring (bicyclic) bond motifs is 1. The van der Waals surface area contributed by atoms with Crippen LogP contribution in [0, 0.1) is 11.3 Å². The van der Waals surface area contributed by atoms with E-state index >= 15 is 0 Å². The SMILES string of the molecule is CC1(C)Oc2ccc(C#N)cc2C(N(Cc2cccnc2)c2ncccn2)[C@H]1O. The van der Waals surface area contributed by atoms with Gasteiger partial charge in [0.25, 0.3) is 0 Å². The fourth-order valence-electron chi connectivity index (χ4n) is 3.60. The zero-order chi connectivity index (χ0) is 20.4. The second kappa shape index (κ2) is 7.49. The number of aliphatic hydroxyl groups excluding tert-OH is 1. The molecule has 1 aromatic carbocycles. The molecule has 3 heterocycles. The fraction of sp³-hybridized carbons (Fsp3) is 0.273. The van der Waals surface area contributed by atoms with Crippen LogP contribution in [0.5, 0.6) is 5.75 Å². The molecule has 2 atom stereocenters. The van der Waals surface area contributed by atoms with E-state index in [-0.39, 0.29) is 0 Å². The highest BCUT2D eigenvalue weighted by atomic mass is 16.5. The smallest absolute Gasteiger partial charge is 0.226 e. The molecule has 0 radical (unpaired) electrons. The Balaban J connectivity index is 1.87. The molecule has 1 aliphatic heterocycles. The molecule has 0 saturated carbocycles. The third-order valence-electron chi connectivity index (χ3n) is 5.06. The Hall–Kier alpha value is -3.50. The average molecular weight is 387 g/mol. The fourth-order valence-corrected chi connectivity index (χ4v) is 3.60. The first kappa shape index (κ1) is 18.8. The van der Waals surface area contributed by atoms with Crippen molar-refractivity contribution < 1.29 is 9.84 Å². The highest BCUT2D eigenvalue weighted by molar-refractivity contribution is 5.50. The molecule has 1 N–H and O–H groups in total. The Morgan fingerprint density at radius 2 is 1.97 bits per heavy atom. The van der Waals surface area contributed by atoms with Crippen molar-refractivity contribution in [1.29, 1.82) is 5.26 Å². The average Bonchev–Trinajstić information content (AvgIpc) is 2.74. The summed E-state index contributed by atoms with van der Waals surface area (Å²) in [6, 6.07) is 12.5. The zero-order valence-corrected chi connectivity index (χ0v) is 16.2. The van der Waals surface area contributed by atoms with Gasteiger partial charge in [-0.25, -0.2) is 9.97 Å². The van der Waals surface area contributed by atoms with E-state index in [0.717, 1.165) is 11.1 Å². The van der Waals surface area contributed by atoms with Crippen molar-refractivity contribution in [2.45, 2.75) is 38.1 Å². The number of aromatic nitrogens is 3. The van der Waals surface area contributed by atoms with Crippen LogP contribution in [0.3, 0.4) is 0 Å². The van der Waals surface area contributed by atoms with Crippen LogP contribution in [0.4, 0.5) is 5.95 Å². The molecule has 0 fully saturated rings. The van der Waals surface area contributed by atoms with Crippen LogP contribution in [0.2, 0.25) is 0 Å². The molecule has 4 rings (SSSR count). The van der Waals surface area contributed by atoms with Gasteiger partial charge < -0.3 is 14.7 Å². The molecule has 3 aromatic rings. The van der Waals surface area contributed by atoms with Gasteiger partial charge in [-0.05, 0) is 49.7 Å². The molecule has 0 amide bonds. The molecule has 1 unspecified atom stereocenters. The van der Waals surface area contributed by atoms with Crippen molar-refractivity contribution in [3.8, 4) is 11.8 Å². The second-order valence-corrected chi connectivity index (χ2v) is 7.50. The monoisotopic (exact) mass is 387 g/mol. The number of anilines is 1. The van der Waals surface area contributed by atoms with E-state index in [0.29, 0.717) is 23.8 Å². The van der Waals surface area contributed by atoms with Gasteiger partial charge in [0.05, 0.1) is 17.7 Å². The largest absolute Gasteiger partial charge is 0.485 e. The van der Waals surface area contributed by atoms with E-state index in [1.54, 1.807) is 49.1 Å². The lowest BCUT2D eigenvalue weighted by Crippen LogP contribution is -2.54. The van der Waals surface area contributed by atoms with Crippen LogP contribution in [0.15, 0.2) is 61.2 Å². The first-order valence-electron chi connectivity index (χ1n) is 9.33. The number of benzene rings is 1. The Kier molecular flexibility index (Phi) is 4.87. The molecule has 0 aliphatic carbocycles. The van der Waals surface area contributed by atoms with E-state index in [9.17, 15) is 10.4 Å². The highest BCUT2D eigenvalue weighted by Gasteiger charge is 2.46. The normalized spacial score (nSPS) is 19.5. The Bertz CT molecular complexity index is 1030. The maximum Gasteiger partial charge on any atom is 0.226 e. The molecular formula is C22H21N5O2. The summed E-state index contributed by atoms with van der Waals surface area (Å²) in [5, 5.41) is 20.7. The number of pyridine rings is 1. The van der Waals surface area contributed by atoms with Crippen LogP contribution in [-0.2, 0) is 6.54 Å². The first-order valence-corrected chi connectivity index (χ1v) is 9.33. The lowest BCUT2D eigenvalue weighted by atomic mass is 9.85. The lowest BCUT2D eigenvalue weighted by molar-refractivity contribution is -0.0592. The van der Waals surface area contributed by atoms with Gasteiger partial charge >= 0.3 is 0 Å². The van der Waals surface area contributed by atoms with Crippen molar-refractivity contribution in [2.24, 2.45) is 0 Å². The van der Waals surface area contributed by atoms with Crippen LogP contribution in [0.1, 0.15) is 36.6 Å². The van der Waals surface area contributed by atoms with Gasteiger partial charge in [-0.2, -0.15) is 5.26 Å². The van der Waals surface area contributed by atoms with Gasteiger partial charge in [0, 0.05) is 36.9 Å². The molecule has 7 heteroatoms. The van der Waals surface area contributed by atoms with Crippen molar-refractivity contribution in [1.82, 2.24) is 15.0 Å². The topological polar surface area (TPSA) is 95.2 Å². The summed E-state index contributed by atoms with van der Waals surface area (Å²) in [5.41, 5.74) is 1.34.